The second-order valence-electron chi connectivity index (χ2n) is 7.09. The van der Waals surface area contributed by atoms with Crippen LogP contribution in [0.5, 0.6) is 0 Å². The Balaban J connectivity index is 1.55. The third kappa shape index (κ3) is 4.13. The van der Waals surface area contributed by atoms with Crippen molar-refractivity contribution in [3.63, 3.8) is 0 Å². The molecule has 0 radical (unpaired) electrons. The Morgan fingerprint density at radius 2 is 1.81 bits per heavy atom. The van der Waals surface area contributed by atoms with Crippen LogP contribution in [0.4, 0.5) is 11.4 Å². The Bertz CT molecular complexity index is 1300. The average molecular weight is 452 g/mol. The fraction of sp³-hybridized carbons (Fsp3) is 0.130. The molecular formula is C23H18ClN3O3S. The van der Waals surface area contributed by atoms with Crippen LogP contribution >= 0.6 is 11.6 Å². The number of fused-ring (bicyclic) bond motifs is 1. The van der Waals surface area contributed by atoms with Gasteiger partial charge in [0.05, 0.1) is 21.2 Å². The Hall–Kier alpha value is -3.34. The zero-order valence-electron chi connectivity index (χ0n) is 16.4. The SMILES string of the molecule is N#Cc1ccc(NC(=O)c2ccc(S(=O)(=O)N3CCCc4ccccc43)cc2)cc1Cl. The van der Waals surface area contributed by atoms with Crippen LogP contribution < -0.4 is 9.62 Å². The summed E-state index contributed by atoms with van der Waals surface area (Å²) in [5, 5.41) is 11.9. The van der Waals surface area contributed by atoms with Gasteiger partial charge in [0.25, 0.3) is 15.9 Å². The van der Waals surface area contributed by atoms with E-state index in [9.17, 15) is 13.2 Å². The lowest BCUT2D eigenvalue weighted by Crippen LogP contribution is -2.35. The number of nitriles is 1. The third-order valence-corrected chi connectivity index (χ3v) is 7.26. The first-order chi connectivity index (χ1) is 14.9. The Kier molecular flexibility index (Phi) is 5.68. The molecule has 0 aliphatic carbocycles. The number of carbonyl (C=O) groups excluding carboxylic acids is 1. The molecule has 31 heavy (non-hydrogen) atoms. The highest BCUT2D eigenvalue weighted by atomic mass is 35.5. The molecular weight excluding hydrogens is 434 g/mol. The maximum Gasteiger partial charge on any atom is 0.264 e. The summed E-state index contributed by atoms with van der Waals surface area (Å²) in [6, 6.07) is 19.9. The monoisotopic (exact) mass is 451 g/mol. The number of halogens is 1. The molecule has 1 amide bonds. The van der Waals surface area contributed by atoms with Crippen molar-refractivity contribution in [1.82, 2.24) is 0 Å². The Morgan fingerprint density at radius 1 is 1.06 bits per heavy atom. The van der Waals surface area contributed by atoms with Crippen molar-refractivity contribution < 1.29 is 13.2 Å². The van der Waals surface area contributed by atoms with E-state index in [0.717, 1.165) is 18.4 Å². The summed E-state index contributed by atoms with van der Waals surface area (Å²) in [7, 11) is -3.74. The van der Waals surface area contributed by atoms with Gasteiger partial charge in [0.15, 0.2) is 0 Å². The van der Waals surface area contributed by atoms with Crippen molar-refractivity contribution in [2.24, 2.45) is 0 Å². The minimum Gasteiger partial charge on any atom is -0.322 e. The molecule has 0 atom stereocenters. The van der Waals surface area contributed by atoms with Crippen molar-refractivity contribution >= 4 is 38.9 Å². The number of rotatable bonds is 4. The van der Waals surface area contributed by atoms with Crippen LogP contribution in [0.3, 0.4) is 0 Å². The van der Waals surface area contributed by atoms with Crippen LogP contribution in [-0.2, 0) is 16.4 Å². The number of amides is 1. The van der Waals surface area contributed by atoms with E-state index in [4.69, 9.17) is 16.9 Å². The molecule has 1 aliphatic heterocycles. The molecule has 1 aliphatic rings. The molecule has 1 heterocycles. The van der Waals surface area contributed by atoms with Crippen LogP contribution in [0.15, 0.2) is 71.6 Å². The van der Waals surface area contributed by atoms with E-state index in [1.807, 2.05) is 30.3 Å². The largest absolute Gasteiger partial charge is 0.322 e. The van der Waals surface area contributed by atoms with Crippen molar-refractivity contribution in [1.29, 1.82) is 5.26 Å². The summed E-state index contributed by atoms with van der Waals surface area (Å²) >= 11 is 5.99. The molecule has 0 fully saturated rings. The van der Waals surface area contributed by atoms with Gasteiger partial charge in [0, 0.05) is 17.8 Å². The van der Waals surface area contributed by atoms with Crippen molar-refractivity contribution in [3.05, 3.63) is 88.4 Å². The molecule has 3 aromatic rings. The molecule has 0 spiro atoms. The zero-order chi connectivity index (χ0) is 22.0. The molecule has 1 N–H and O–H groups in total. The van der Waals surface area contributed by atoms with Gasteiger partial charge < -0.3 is 5.32 Å². The number of nitrogens with one attached hydrogen (secondary N) is 1. The van der Waals surface area contributed by atoms with E-state index in [1.165, 1.54) is 40.7 Å². The Labute approximate surface area is 185 Å². The minimum atomic E-state index is -3.74. The number of anilines is 2. The summed E-state index contributed by atoms with van der Waals surface area (Å²) in [4.78, 5) is 12.7. The van der Waals surface area contributed by atoms with Gasteiger partial charge in [-0.05, 0) is 66.9 Å². The number of nitrogens with zero attached hydrogens (tertiary/aromatic N) is 2. The minimum absolute atomic E-state index is 0.127. The van der Waals surface area contributed by atoms with Gasteiger partial charge in [0.1, 0.15) is 6.07 Å². The standard InChI is InChI=1S/C23H18ClN3O3S/c24-21-14-19(10-7-18(21)15-25)26-23(28)17-8-11-20(12-9-17)31(29,30)27-13-3-5-16-4-1-2-6-22(16)27/h1-2,4,6-12,14H,3,5,13H2,(H,26,28). The molecule has 0 aromatic heterocycles. The highest BCUT2D eigenvalue weighted by Crippen LogP contribution is 2.31. The highest BCUT2D eigenvalue weighted by molar-refractivity contribution is 7.92. The molecule has 0 saturated carbocycles. The van der Waals surface area contributed by atoms with Crippen molar-refractivity contribution in [2.75, 3.05) is 16.2 Å². The maximum atomic E-state index is 13.2. The number of carbonyl (C=O) groups is 1. The molecule has 6 nitrogen and oxygen atoms in total. The van der Waals surface area contributed by atoms with Gasteiger partial charge in [-0.2, -0.15) is 5.26 Å². The van der Waals surface area contributed by atoms with Crippen LogP contribution in [0.1, 0.15) is 27.9 Å². The average Bonchev–Trinajstić information content (AvgIpc) is 2.79. The maximum absolute atomic E-state index is 13.2. The number of para-hydroxylation sites is 1. The molecule has 156 valence electrons. The molecule has 8 heteroatoms. The molecule has 0 unspecified atom stereocenters. The van der Waals surface area contributed by atoms with E-state index in [1.54, 1.807) is 6.07 Å². The van der Waals surface area contributed by atoms with E-state index >= 15 is 0 Å². The van der Waals surface area contributed by atoms with Gasteiger partial charge >= 0.3 is 0 Å². The van der Waals surface area contributed by atoms with Crippen LogP contribution in [-0.4, -0.2) is 20.9 Å². The summed E-state index contributed by atoms with van der Waals surface area (Å²) in [6.07, 6.45) is 1.60. The van der Waals surface area contributed by atoms with E-state index in [-0.39, 0.29) is 9.92 Å². The number of hydrogen-bond donors (Lipinski definition) is 1. The predicted octanol–water partition coefficient (Wildman–Crippen LogP) is 4.61. The predicted molar refractivity (Wildman–Crippen MR) is 120 cm³/mol. The lowest BCUT2D eigenvalue weighted by atomic mass is 10.0. The van der Waals surface area contributed by atoms with E-state index in [0.29, 0.717) is 29.0 Å². The highest BCUT2D eigenvalue weighted by Gasteiger charge is 2.28. The summed E-state index contributed by atoms with van der Waals surface area (Å²) in [5.41, 5.74) is 2.77. The van der Waals surface area contributed by atoms with Gasteiger partial charge in [-0.15, -0.1) is 0 Å². The van der Waals surface area contributed by atoms with Gasteiger partial charge in [-0.3, -0.25) is 9.10 Å². The molecule has 4 rings (SSSR count). The summed E-state index contributed by atoms with van der Waals surface area (Å²) < 4.78 is 27.8. The lowest BCUT2D eigenvalue weighted by Gasteiger charge is -2.30. The van der Waals surface area contributed by atoms with Crippen LogP contribution in [0, 0.1) is 11.3 Å². The first-order valence-corrected chi connectivity index (χ1v) is 11.4. The van der Waals surface area contributed by atoms with E-state index < -0.39 is 15.9 Å². The fourth-order valence-corrected chi connectivity index (χ4v) is 5.30. The van der Waals surface area contributed by atoms with Crippen molar-refractivity contribution in [2.45, 2.75) is 17.7 Å². The molecule has 0 bridgehead atoms. The zero-order valence-corrected chi connectivity index (χ0v) is 17.9. The number of sulfonamides is 1. The molecule has 0 saturated heterocycles. The second kappa shape index (κ2) is 8.42. The first kappa shape index (κ1) is 20.9. The second-order valence-corrected chi connectivity index (χ2v) is 9.36. The van der Waals surface area contributed by atoms with Crippen molar-refractivity contribution in [3.8, 4) is 6.07 Å². The summed E-state index contributed by atoms with van der Waals surface area (Å²) in [5.74, 6) is -0.409. The van der Waals surface area contributed by atoms with Crippen LogP contribution in [0.2, 0.25) is 5.02 Å². The quantitative estimate of drug-likeness (QED) is 0.627. The number of benzene rings is 3. The number of aryl methyl sites for hydroxylation is 1. The fourth-order valence-electron chi connectivity index (χ4n) is 3.54. The van der Waals surface area contributed by atoms with Crippen LogP contribution in [0.25, 0.3) is 0 Å². The van der Waals surface area contributed by atoms with Gasteiger partial charge in [-0.25, -0.2) is 8.42 Å². The first-order valence-electron chi connectivity index (χ1n) is 9.62. The number of hydrogen-bond acceptors (Lipinski definition) is 4. The topological polar surface area (TPSA) is 90.3 Å². The normalized spacial score (nSPS) is 13.2. The van der Waals surface area contributed by atoms with Gasteiger partial charge in [0.2, 0.25) is 0 Å². The smallest absolute Gasteiger partial charge is 0.264 e. The van der Waals surface area contributed by atoms with Gasteiger partial charge in [-0.1, -0.05) is 29.8 Å². The van der Waals surface area contributed by atoms with E-state index in [2.05, 4.69) is 5.32 Å². The molecule has 3 aromatic carbocycles. The summed E-state index contributed by atoms with van der Waals surface area (Å²) in [6.45, 7) is 0.418. The third-order valence-electron chi connectivity index (χ3n) is 5.12. The Morgan fingerprint density at radius 3 is 2.52 bits per heavy atom. The lowest BCUT2D eigenvalue weighted by molar-refractivity contribution is 0.102.